The molecule has 0 radical (unpaired) electrons. The zero-order valence-electron chi connectivity index (χ0n) is 8.87. The number of fused-ring (bicyclic) bond motifs is 1. The maximum atomic E-state index is 5.88. The van der Waals surface area contributed by atoms with Gasteiger partial charge in [0.25, 0.3) is 0 Å². The highest BCUT2D eigenvalue weighted by Gasteiger charge is 2.03. The lowest BCUT2D eigenvalue weighted by molar-refractivity contribution is 1.07. The van der Waals surface area contributed by atoms with E-state index in [4.69, 9.17) is 11.6 Å². The van der Waals surface area contributed by atoms with Crippen molar-refractivity contribution in [2.75, 3.05) is 0 Å². The van der Waals surface area contributed by atoms with E-state index < -0.39 is 0 Å². The van der Waals surface area contributed by atoms with Crippen molar-refractivity contribution >= 4 is 17.2 Å². The molecule has 0 bridgehead atoms. The van der Waals surface area contributed by atoms with E-state index in [0.717, 1.165) is 17.0 Å². The number of rotatable bonds is 0. The Morgan fingerprint density at radius 2 is 1.57 bits per heavy atom. The van der Waals surface area contributed by atoms with Crippen LogP contribution in [0.1, 0.15) is 25.2 Å². The monoisotopic (exact) mass is 211 g/mol. The van der Waals surface area contributed by atoms with Crippen LogP contribution in [0.15, 0.2) is 12.4 Å². The molecule has 0 fully saturated rings. The molecule has 0 amide bonds. The molecule has 0 aliphatic heterocycles. The van der Waals surface area contributed by atoms with E-state index >= 15 is 0 Å². The Labute approximate surface area is 88.8 Å². The van der Waals surface area contributed by atoms with E-state index in [0.29, 0.717) is 5.15 Å². The first-order chi connectivity index (χ1) is 6.66. The topological polar surface area (TPSA) is 30.2 Å². The molecule has 0 aliphatic carbocycles. The molecular formula is C10H14ClN3. The number of hydrogen-bond donors (Lipinski definition) is 0. The van der Waals surface area contributed by atoms with Crippen molar-refractivity contribution in [3.63, 3.8) is 0 Å². The highest BCUT2D eigenvalue weighted by Crippen LogP contribution is 2.14. The van der Waals surface area contributed by atoms with Crippen molar-refractivity contribution in [2.24, 2.45) is 0 Å². The molecular weight excluding hydrogens is 198 g/mol. The number of halogens is 1. The van der Waals surface area contributed by atoms with Crippen LogP contribution in [0.2, 0.25) is 5.15 Å². The van der Waals surface area contributed by atoms with Crippen LogP contribution in [0.5, 0.6) is 0 Å². The molecule has 0 atom stereocenters. The maximum Gasteiger partial charge on any atom is 0.175 e. The molecule has 4 heteroatoms. The van der Waals surface area contributed by atoms with Gasteiger partial charge in [0, 0.05) is 12.4 Å². The van der Waals surface area contributed by atoms with Gasteiger partial charge in [0.05, 0.1) is 11.4 Å². The highest BCUT2D eigenvalue weighted by molar-refractivity contribution is 6.32. The van der Waals surface area contributed by atoms with Gasteiger partial charge in [0.15, 0.2) is 10.8 Å². The van der Waals surface area contributed by atoms with E-state index in [1.165, 1.54) is 0 Å². The Balaban J connectivity index is 0.000000461. The predicted molar refractivity (Wildman–Crippen MR) is 58.8 cm³/mol. The van der Waals surface area contributed by atoms with Crippen LogP contribution in [-0.2, 0) is 0 Å². The van der Waals surface area contributed by atoms with Gasteiger partial charge in [0.2, 0.25) is 0 Å². The molecule has 0 aromatic carbocycles. The average Bonchev–Trinajstić information content (AvgIpc) is 2.49. The Hall–Kier alpha value is -1.09. The van der Waals surface area contributed by atoms with Gasteiger partial charge in [-0.15, -0.1) is 0 Å². The van der Waals surface area contributed by atoms with Crippen molar-refractivity contribution in [1.29, 1.82) is 0 Å². The zero-order chi connectivity index (χ0) is 10.7. The van der Waals surface area contributed by atoms with Gasteiger partial charge in [-0.3, -0.25) is 0 Å². The fourth-order valence-electron chi connectivity index (χ4n) is 1.20. The Kier molecular flexibility index (Phi) is 3.47. The third kappa shape index (κ3) is 2.04. The fourth-order valence-corrected chi connectivity index (χ4v) is 1.48. The first-order valence-electron chi connectivity index (χ1n) is 4.65. The summed E-state index contributed by atoms with van der Waals surface area (Å²) in [5, 5.41) is 0.461. The van der Waals surface area contributed by atoms with Gasteiger partial charge in [-0.05, 0) is 13.8 Å². The Bertz CT molecular complexity index is 434. The minimum Gasteiger partial charge on any atom is -0.302 e. The van der Waals surface area contributed by atoms with Gasteiger partial charge < -0.3 is 4.40 Å². The van der Waals surface area contributed by atoms with Crippen LogP contribution in [0, 0.1) is 13.8 Å². The van der Waals surface area contributed by atoms with Crippen LogP contribution in [0.3, 0.4) is 0 Å². The molecule has 2 rings (SSSR count). The molecule has 0 spiro atoms. The second-order valence-corrected chi connectivity index (χ2v) is 3.14. The van der Waals surface area contributed by atoms with E-state index in [-0.39, 0.29) is 0 Å². The largest absolute Gasteiger partial charge is 0.302 e. The van der Waals surface area contributed by atoms with Crippen molar-refractivity contribution in [2.45, 2.75) is 27.7 Å². The molecule has 14 heavy (non-hydrogen) atoms. The number of aryl methyl sites for hydroxylation is 2. The first kappa shape index (κ1) is 11.0. The van der Waals surface area contributed by atoms with Gasteiger partial charge in [-0.1, -0.05) is 25.4 Å². The van der Waals surface area contributed by atoms with Crippen LogP contribution < -0.4 is 0 Å². The number of aromatic nitrogens is 3. The number of imidazole rings is 1. The molecule has 3 nitrogen and oxygen atoms in total. The number of hydrogen-bond acceptors (Lipinski definition) is 2. The first-order valence-corrected chi connectivity index (χ1v) is 5.03. The molecule has 0 unspecified atom stereocenters. The lowest BCUT2D eigenvalue weighted by Crippen LogP contribution is -1.90. The van der Waals surface area contributed by atoms with Gasteiger partial charge in [0.1, 0.15) is 0 Å². The summed E-state index contributed by atoms with van der Waals surface area (Å²) in [4.78, 5) is 8.32. The smallest absolute Gasteiger partial charge is 0.175 e. The predicted octanol–water partition coefficient (Wildman–Crippen LogP) is 3.03. The summed E-state index contributed by atoms with van der Waals surface area (Å²) in [6, 6.07) is 0. The Morgan fingerprint density at radius 1 is 1.07 bits per heavy atom. The summed E-state index contributed by atoms with van der Waals surface area (Å²) in [6.07, 6.45) is 3.83. The van der Waals surface area contributed by atoms with Crippen LogP contribution in [0.25, 0.3) is 5.65 Å². The zero-order valence-corrected chi connectivity index (χ0v) is 9.63. The van der Waals surface area contributed by atoms with E-state index in [1.807, 2.05) is 44.5 Å². The molecule has 2 heterocycles. The third-order valence-electron chi connectivity index (χ3n) is 1.64. The summed E-state index contributed by atoms with van der Waals surface area (Å²) >= 11 is 5.88. The fraction of sp³-hybridized carbons (Fsp3) is 0.400. The van der Waals surface area contributed by atoms with E-state index in [9.17, 15) is 0 Å². The standard InChI is InChI=1S/C8H8ClN3.C2H6/c1-5-3-12-4-6(2)11-8(12)7(9)10-5;1-2/h3-4H,1-2H3;1-2H3. The van der Waals surface area contributed by atoms with Gasteiger partial charge in [-0.25, -0.2) is 9.97 Å². The second kappa shape index (κ2) is 4.42. The Morgan fingerprint density at radius 3 is 2.14 bits per heavy atom. The summed E-state index contributed by atoms with van der Waals surface area (Å²) in [5.41, 5.74) is 2.56. The lowest BCUT2D eigenvalue weighted by Gasteiger charge is -1.96. The molecule has 2 aromatic heterocycles. The summed E-state index contributed by atoms with van der Waals surface area (Å²) in [5.74, 6) is 0. The van der Waals surface area contributed by atoms with Crippen molar-refractivity contribution in [1.82, 2.24) is 14.4 Å². The lowest BCUT2D eigenvalue weighted by atomic mass is 10.5. The SMILES string of the molecule is CC.Cc1cn2cc(C)nc2c(Cl)n1. The van der Waals surface area contributed by atoms with Gasteiger partial charge >= 0.3 is 0 Å². The molecule has 0 N–H and O–H groups in total. The highest BCUT2D eigenvalue weighted by atomic mass is 35.5. The second-order valence-electron chi connectivity index (χ2n) is 2.79. The van der Waals surface area contributed by atoms with Gasteiger partial charge in [-0.2, -0.15) is 0 Å². The van der Waals surface area contributed by atoms with E-state index in [2.05, 4.69) is 9.97 Å². The van der Waals surface area contributed by atoms with Crippen molar-refractivity contribution in [3.8, 4) is 0 Å². The van der Waals surface area contributed by atoms with Crippen molar-refractivity contribution in [3.05, 3.63) is 28.9 Å². The summed E-state index contributed by atoms with van der Waals surface area (Å²) < 4.78 is 1.89. The normalized spacial score (nSPS) is 9.79. The molecule has 0 saturated heterocycles. The summed E-state index contributed by atoms with van der Waals surface area (Å²) in [6.45, 7) is 7.83. The van der Waals surface area contributed by atoms with Crippen molar-refractivity contribution < 1.29 is 0 Å². The molecule has 0 aliphatic rings. The minimum absolute atomic E-state index is 0.461. The average molecular weight is 212 g/mol. The quantitative estimate of drug-likeness (QED) is 0.671. The van der Waals surface area contributed by atoms with Crippen LogP contribution in [-0.4, -0.2) is 14.4 Å². The van der Waals surface area contributed by atoms with E-state index in [1.54, 1.807) is 0 Å². The molecule has 2 aromatic rings. The van der Waals surface area contributed by atoms with Crippen LogP contribution in [0.4, 0.5) is 0 Å². The minimum atomic E-state index is 0.461. The maximum absolute atomic E-state index is 5.88. The molecule has 76 valence electrons. The summed E-state index contributed by atoms with van der Waals surface area (Å²) in [7, 11) is 0. The molecule has 0 saturated carbocycles. The number of nitrogens with zero attached hydrogens (tertiary/aromatic N) is 3. The third-order valence-corrected chi connectivity index (χ3v) is 1.89. The van der Waals surface area contributed by atoms with Crippen LogP contribution >= 0.6 is 11.6 Å².